The van der Waals surface area contributed by atoms with E-state index in [9.17, 15) is 14.5 Å². The zero-order chi connectivity index (χ0) is 13.5. The summed E-state index contributed by atoms with van der Waals surface area (Å²) in [6, 6.07) is 3.62. The van der Waals surface area contributed by atoms with Crippen LogP contribution in [0, 0.1) is 15.9 Å². The van der Waals surface area contributed by atoms with Gasteiger partial charge >= 0.3 is 0 Å². The molecule has 0 saturated carbocycles. The molecule has 0 radical (unpaired) electrons. The Balaban J connectivity index is 2.76. The highest BCUT2D eigenvalue weighted by Crippen LogP contribution is 2.21. The molecule has 18 heavy (non-hydrogen) atoms. The maximum absolute atomic E-state index is 13.1. The van der Waals surface area contributed by atoms with Gasteiger partial charge in [-0.2, -0.15) is 0 Å². The van der Waals surface area contributed by atoms with Crippen molar-refractivity contribution in [3.63, 3.8) is 0 Å². The van der Waals surface area contributed by atoms with Crippen molar-refractivity contribution < 1.29 is 14.1 Å². The Hall–Kier alpha value is -1.53. The Morgan fingerprint density at radius 3 is 2.83 bits per heavy atom. The Labute approximate surface area is 105 Å². The molecule has 1 aromatic carbocycles. The van der Waals surface area contributed by atoms with E-state index in [1.165, 1.54) is 12.1 Å². The first kappa shape index (κ1) is 14.5. The molecule has 1 aromatic rings. The fraction of sp³-hybridized carbons (Fsp3) is 0.500. The summed E-state index contributed by atoms with van der Waals surface area (Å²) in [4.78, 5) is 10.3. The van der Waals surface area contributed by atoms with Gasteiger partial charge in [0.1, 0.15) is 5.82 Å². The van der Waals surface area contributed by atoms with Crippen molar-refractivity contribution in [3.05, 3.63) is 39.7 Å². The maximum Gasteiger partial charge on any atom is 0.272 e. The number of halogens is 1. The van der Waals surface area contributed by atoms with Crippen molar-refractivity contribution in [2.45, 2.75) is 18.9 Å². The third kappa shape index (κ3) is 4.05. The van der Waals surface area contributed by atoms with Gasteiger partial charge in [0.2, 0.25) is 0 Å². The zero-order valence-corrected chi connectivity index (χ0v) is 10.5. The highest BCUT2D eigenvalue weighted by atomic mass is 19.1. The van der Waals surface area contributed by atoms with E-state index in [-0.39, 0.29) is 11.7 Å². The molecule has 5 nitrogen and oxygen atoms in total. The molecule has 1 unspecified atom stereocenters. The van der Waals surface area contributed by atoms with Crippen LogP contribution in [-0.2, 0) is 11.2 Å². The number of benzene rings is 1. The molecule has 0 fully saturated rings. The average Bonchev–Trinajstić information content (AvgIpc) is 2.34. The molecule has 100 valence electrons. The predicted molar refractivity (Wildman–Crippen MR) is 66.1 cm³/mol. The van der Waals surface area contributed by atoms with Crippen LogP contribution in [0.4, 0.5) is 10.1 Å². The molecular formula is C12H17FN2O3. The van der Waals surface area contributed by atoms with Crippen molar-refractivity contribution >= 4 is 5.69 Å². The van der Waals surface area contributed by atoms with Gasteiger partial charge in [0.15, 0.2) is 0 Å². The van der Waals surface area contributed by atoms with E-state index in [0.29, 0.717) is 25.0 Å². The summed E-state index contributed by atoms with van der Waals surface area (Å²) in [6.07, 6.45) is 1.08. The number of hydrogen-bond donors (Lipinski definition) is 1. The summed E-state index contributed by atoms with van der Waals surface area (Å²) >= 11 is 0. The van der Waals surface area contributed by atoms with Crippen molar-refractivity contribution in [2.75, 3.05) is 20.8 Å². The summed E-state index contributed by atoms with van der Waals surface area (Å²) in [7, 11) is 3.39. The van der Waals surface area contributed by atoms with Gasteiger partial charge in [-0.1, -0.05) is 0 Å². The molecule has 1 rings (SSSR count). The number of hydrogen-bond acceptors (Lipinski definition) is 4. The third-order valence-corrected chi connectivity index (χ3v) is 2.78. The second-order valence-corrected chi connectivity index (χ2v) is 4.01. The second-order valence-electron chi connectivity index (χ2n) is 4.01. The summed E-state index contributed by atoms with van der Waals surface area (Å²) in [5.41, 5.74) is 0.375. The molecule has 0 saturated heterocycles. The number of rotatable bonds is 7. The van der Waals surface area contributed by atoms with E-state index in [1.54, 1.807) is 14.2 Å². The topological polar surface area (TPSA) is 64.4 Å². The summed E-state index contributed by atoms with van der Waals surface area (Å²) in [5.74, 6) is -0.455. The first-order valence-electron chi connectivity index (χ1n) is 5.67. The quantitative estimate of drug-likeness (QED) is 0.597. The van der Waals surface area contributed by atoms with Gasteiger partial charge in [0, 0.05) is 24.8 Å². The molecule has 0 aliphatic heterocycles. The lowest BCUT2D eigenvalue weighted by Gasteiger charge is -2.14. The lowest BCUT2D eigenvalue weighted by atomic mass is 10.0. The van der Waals surface area contributed by atoms with E-state index in [1.807, 2.05) is 0 Å². The standard InChI is InChI=1S/C12H17FN2O3/c1-14-11(8-18-2)5-3-9-7-10(13)4-6-12(9)15(16)17/h4,6-7,11,14H,3,5,8H2,1-2H3. The summed E-state index contributed by atoms with van der Waals surface area (Å²) in [5, 5.41) is 13.9. The van der Waals surface area contributed by atoms with Crippen LogP contribution in [0.3, 0.4) is 0 Å². The van der Waals surface area contributed by atoms with E-state index in [4.69, 9.17) is 4.74 Å². The normalized spacial score (nSPS) is 12.4. The Kier molecular flexibility index (Phi) is 5.67. The Morgan fingerprint density at radius 2 is 2.28 bits per heavy atom. The van der Waals surface area contributed by atoms with Crippen molar-refractivity contribution in [3.8, 4) is 0 Å². The SMILES string of the molecule is CNC(CCc1cc(F)ccc1[N+](=O)[O-])COC. The number of ether oxygens (including phenoxy) is 1. The van der Waals surface area contributed by atoms with Crippen LogP contribution in [0.5, 0.6) is 0 Å². The van der Waals surface area contributed by atoms with Crippen LogP contribution >= 0.6 is 0 Å². The number of likely N-dealkylation sites (N-methyl/N-ethyl adjacent to an activating group) is 1. The third-order valence-electron chi connectivity index (χ3n) is 2.78. The monoisotopic (exact) mass is 256 g/mol. The number of nitrogens with zero attached hydrogens (tertiary/aromatic N) is 1. The predicted octanol–water partition coefficient (Wildman–Crippen LogP) is 1.90. The van der Waals surface area contributed by atoms with Gasteiger partial charge < -0.3 is 10.1 Å². The highest BCUT2D eigenvalue weighted by molar-refractivity contribution is 5.40. The number of nitro benzene ring substituents is 1. The molecule has 0 spiro atoms. The molecule has 0 aromatic heterocycles. The fourth-order valence-electron chi connectivity index (χ4n) is 1.77. The minimum Gasteiger partial charge on any atom is -0.383 e. The van der Waals surface area contributed by atoms with E-state index >= 15 is 0 Å². The van der Waals surface area contributed by atoms with Crippen molar-refractivity contribution in [1.29, 1.82) is 0 Å². The number of methoxy groups -OCH3 is 1. The van der Waals surface area contributed by atoms with Gasteiger partial charge in [0.05, 0.1) is 11.5 Å². The van der Waals surface area contributed by atoms with Gasteiger partial charge in [-0.05, 0) is 32.0 Å². The minimum atomic E-state index is -0.487. The first-order valence-corrected chi connectivity index (χ1v) is 5.67. The largest absolute Gasteiger partial charge is 0.383 e. The van der Waals surface area contributed by atoms with Crippen LogP contribution in [0.15, 0.2) is 18.2 Å². The number of nitro groups is 1. The van der Waals surface area contributed by atoms with Gasteiger partial charge in [-0.25, -0.2) is 4.39 Å². The first-order chi connectivity index (χ1) is 8.58. The van der Waals surface area contributed by atoms with Crippen LogP contribution in [0.2, 0.25) is 0 Å². The molecule has 0 amide bonds. The van der Waals surface area contributed by atoms with Gasteiger partial charge in [0.25, 0.3) is 5.69 Å². The molecular weight excluding hydrogens is 239 g/mol. The van der Waals surface area contributed by atoms with Crippen LogP contribution < -0.4 is 5.32 Å². The van der Waals surface area contributed by atoms with Gasteiger partial charge in [-0.3, -0.25) is 10.1 Å². The van der Waals surface area contributed by atoms with Crippen molar-refractivity contribution in [2.24, 2.45) is 0 Å². The molecule has 0 bridgehead atoms. The van der Waals surface area contributed by atoms with Gasteiger partial charge in [-0.15, -0.1) is 0 Å². The molecule has 0 aliphatic rings. The van der Waals surface area contributed by atoms with Crippen LogP contribution in [-0.4, -0.2) is 31.7 Å². The van der Waals surface area contributed by atoms with E-state index < -0.39 is 10.7 Å². The van der Waals surface area contributed by atoms with Crippen molar-refractivity contribution in [1.82, 2.24) is 5.32 Å². The minimum absolute atomic E-state index is 0.0383. The molecule has 0 aliphatic carbocycles. The highest BCUT2D eigenvalue weighted by Gasteiger charge is 2.15. The Bertz CT molecular complexity index is 412. The molecule has 0 heterocycles. The van der Waals surface area contributed by atoms with Crippen LogP contribution in [0.25, 0.3) is 0 Å². The summed E-state index contributed by atoms with van der Waals surface area (Å²) < 4.78 is 18.1. The second kappa shape index (κ2) is 7.03. The lowest BCUT2D eigenvalue weighted by Crippen LogP contribution is -2.30. The average molecular weight is 256 g/mol. The Morgan fingerprint density at radius 1 is 1.56 bits per heavy atom. The van der Waals surface area contributed by atoms with E-state index in [2.05, 4.69) is 5.32 Å². The zero-order valence-electron chi connectivity index (χ0n) is 10.5. The summed E-state index contributed by atoms with van der Waals surface area (Å²) in [6.45, 7) is 0.514. The number of aryl methyl sites for hydroxylation is 1. The van der Waals surface area contributed by atoms with Crippen LogP contribution in [0.1, 0.15) is 12.0 Å². The maximum atomic E-state index is 13.1. The number of nitrogens with one attached hydrogen (secondary N) is 1. The fourth-order valence-corrected chi connectivity index (χ4v) is 1.77. The molecule has 1 N–H and O–H groups in total. The van der Waals surface area contributed by atoms with E-state index in [0.717, 1.165) is 6.07 Å². The molecule has 6 heteroatoms. The lowest BCUT2D eigenvalue weighted by molar-refractivity contribution is -0.385. The smallest absolute Gasteiger partial charge is 0.272 e. The molecule has 1 atom stereocenters.